The van der Waals surface area contributed by atoms with E-state index in [2.05, 4.69) is 0 Å². The summed E-state index contributed by atoms with van der Waals surface area (Å²) in [5.74, 6) is -2.28. The van der Waals surface area contributed by atoms with Gasteiger partial charge in [-0.25, -0.2) is 9.59 Å². The standard InChI is InChI=1S/C7H5NO4.C7H7NO2/c9-7(10)5-3-1-2-4-6(5)8(11)12;8-6-4-2-1-3-5(6)7(9)10/h1-4H,(H,9,10);1-4H,8H2,(H,9,10). The zero-order valence-corrected chi connectivity index (χ0v) is 11.2. The molecule has 2 aromatic carbocycles. The highest BCUT2D eigenvalue weighted by molar-refractivity contribution is 5.93. The molecule has 2 aromatic rings. The number of carbonyl (C=O) groups is 2. The summed E-state index contributed by atoms with van der Waals surface area (Å²) < 4.78 is 0. The predicted octanol–water partition coefficient (Wildman–Crippen LogP) is 2.26. The highest BCUT2D eigenvalue weighted by Crippen LogP contribution is 2.16. The maximum absolute atomic E-state index is 10.4. The Morgan fingerprint density at radius 3 is 1.73 bits per heavy atom. The van der Waals surface area contributed by atoms with Crippen LogP contribution in [0.5, 0.6) is 0 Å². The molecule has 4 N–H and O–H groups in total. The predicted molar refractivity (Wildman–Crippen MR) is 77.9 cm³/mol. The second-order valence-electron chi connectivity index (χ2n) is 3.97. The number of nitrogen functional groups attached to an aromatic ring is 1. The SMILES string of the molecule is Nc1ccccc1C(=O)O.O=C(O)c1ccccc1[N+](=O)[O-]. The number of carboxylic acids is 2. The average Bonchev–Trinajstić information content (AvgIpc) is 2.48. The van der Waals surface area contributed by atoms with Gasteiger partial charge in [0.05, 0.1) is 10.5 Å². The van der Waals surface area contributed by atoms with E-state index in [-0.39, 0.29) is 16.8 Å². The molecule has 22 heavy (non-hydrogen) atoms. The molecule has 0 aliphatic carbocycles. The number of rotatable bonds is 3. The Morgan fingerprint density at radius 1 is 0.909 bits per heavy atom. The van der Waals surface area contributed by atoms with E-state index in [1.165, 1.54) is 24.3 Å². The van der Waals surface area contributed by atoms with E-state index in [0.29, 0.717) is 5.69 Å². The van der Waals surface area contributed by atoms with E-state index < -0.39 is 16.9 Å². The number of nitrogens with zero attached hydrogens (tertiary/aromatic N) is 1. The van der Waals surface area contributed by atoms with Gasteiger partial charge in [-0.15, -0.1) is 0 Å². The third-order valence-electron chi connectivity index (χ3n) is 2.52. The van der Waals surface area contributed by atoms with Crippen molar-refractivity contribution in [2.75, 3.05) is 5.73 Å². The fourth-order valence-electron chi connectivity index (χ4n) is 1.51. The number of anilines is 1. The summed E-state index contributed by atoms with van der Waals surface area (Å²) in [5, 5.41) is 27.3. The van der Waals surface area contributed by atoms with E-state index >= 15 is 0 Å². The lowest BCUT2D eigenvalue weighted by Gasteiger charge is -1.96. The van der Waals surface area contributed by atoms with Crippen LogP contribution in [0.25, 0.3) is 0 Å². The van der Waals surface area contributed by atoms with Gasteiger partial charge in [0, 0.05) is 11.8 Å². The molecule has 0 aliphatic rings. The zero-order chi connectivity index (χ0) is 16.7. The van der Waals surface area contributed by atoms with Gasteiger partial charge in [0.2, 0.25) is 0 Å². The Hall–Kier alpha value is -3.42. The van der Waals surface area contributed by atoms with Crippen LogP contribution < -0.4 is 5.73 Å². The van der Waals surface area contributed by atoms with Crippen LogP contribution >= 0.6 is 0 Å². The summed E-state index contributed by atoms with van der Waals surface area (Å²) in [6.07, 6.45) is 0. The lowest BCUT2D eigenvalue weighted by molar-refractivity contribution is -0.385. The van der Waals surface area contributed by atoms with Crippen molar-refractivity contribution in [3.8, 4) is 0 Å². The molecular weight excluding hydrogens is 292 g/mol. The molecule has 0 aromatic heterocycles. The number of hydrogen-bond acceptors (Lipinski definition) is 5. The van der Waals surface area contributed by atoms with E-state index in [1.807, 2.05) is 0 Å². The van der Waals surface area contributed by atoms with E-state index in [4.69, 9.17) is 15.9 Å². The number of nitrogens with two attached hydrogens (primary N) is 1. The topological polar surface area (TPSA) is 144 Å². The Labute approximate surface area is 124 Å². The highest BCUT2D eigenvalue weighted by Gasteiger charge is 2.17. The average molecular weight is 304 g/mol. The van der Waals surface area contributed by atoms with Crippen molar-refractivity contribution in [1.29, 1.82) is 0 Å². The van der Waals surface area contributed by atoms with Crippen molar-refractivity contribution < 1.29 is 24.7 Å². The molecule has 0 saturated heterocycles. The molecule has 0 spiro atoms. The first-order chi connectivity index (χ1) is 10.3. The van der Waals surface area contributed by atoms with Gasteiger partial charge in [-0.05, 0) is 18.2 Å². The first-order valence-corrected chi connectivity index (χ1v) is 5.89. The largest absolute Gasteiger partial charge is 0.478 e. The number of benzene rings is 2. The maximum atomic E-state index is 10.4. The Morgan fingerprint density at radius 2 is 1.36 bits per heavy atom. The van der Waals surface area contributed by atoms with Crippen LogP contribution in [0.4, 0.5) is 11.4 Å². The van der Waals surface area contributed by atoms with Gasteiger partial charge >= 0.3 is 11.9 Å². The van der Waals surface area contributed by atoms with Crippen molar-refractivity contribution in [2.45, 2.75) is 0 Å². The molecule has 0 amide bonds. The van der Waals surface area contributed by atoms with Gasteiger partial charge in [0.25, 0.3) is 5.69 Å². The molecule has 0 bridgehead atoms. The van der Waals surface area contributed by atoms with Gasteiger partial charge in [0.15, 0.2) is 0 Å². The Kier molecular flexibility index (Phi) is 5.58. The monoisotopic (exact) mass is 304 g/mol. The lowest BCUT2D eigenvalue weighted by atomic mass is 10.2. The van der Waals surface area contributed by atoms with Crippen LogP contribution in [-0.2, 0) is 0 Å². The summed E-state index contributed by atoms with van der Waals surface area (Å²) in [5.41, 5.74) is 5.12. The van der Waals surface area contributed by atoms with Crippen LogP contribution in [0.3, 0.4) is 0 Å². The fraction of sp³-hybridized carbons (Fsp3) is 0. The lowest BCUT2D eigenvalue weighted by Crippen LogP contribution is -2.01. The van der Waals surface area contributed by atoms with Crippen LogP contribution in [0.15, 0.2) is 48.5 Å². The molecule has 0 saturated carbocycles. The van der Waals surface area contributed by atoms with Gasteiger partial charge in [0.1, 0.15) is 5.56 Å². The second-order valence-corrected chi connectivity index (χ2v) is 3.97. The van der Waals surface area contributed by atoms with Crippen LogP contribution in [-0.4, -0.2) is 27.1 Å². The van der Waals surface area contributed by atoms with Crippen molar-refractivity contribution in [3.63, 3.8) is 0 Å². The smallest absolute Gasteiger partial charge is 0.342 e. The number of aromatic carboxylic acids is 2. The second kappa shape index (κ2) is 7.39. The quantitative estimate of drug-likeness (QED) is 0.448. The minimum absolute atomic E-state index is 0.155. The maximum Gasteiger partial charge on any atom is 0.342 e. The number of nitro benzene ring substituents is 1. The van der Waals surface area contributed by atoms with Crippen molar-refractivity contribution in [1.82, 2.24) is 0 Å². The molecule has 0 radical (unpaired) electrons. The molecule has 114 valence electrons. The summed E-state index contributed by atoms with van der Waals surface area (Å²) in [7, 11) is 0. The Balaban J connectivity index is 0.000000224. The molecule has 0 aliphatic heterocycles. The molecule has 8 heteroatoms. The van der Waals surface area contributed by atoms with Crippen LogP contribution in [0.2, 0.25) is 0 Å². The van der Waals surface area contributed by atoms with Crippen molar-refractivity contribution >= 4 is 23.3 Å². The first-order valence-electron chi connectivity index (χ1n) is 5.89. The molecule has 0 unspecified atom stereocenters. The van der Waals surface area contributed by atoms with E-state index in [1.54, 1.807) is 18.2 Å². The van der Waals surface area contributed by atoms with Gasteiger partial charge in [-0.2, -0.15) is 0 Å². The van der Waals surface area contributed by atoms with Crippen molar-refractivity contribution in [2.24, 2.45) is 0 Å². The number of hydrogen-bond donors (Lipinski definition) is 3. The molecular formula is C14H12N2O6. The van der Waals surface area contributed by atoms with Crippen LogP contribution in [0, 0.1) is 10.1 Å². The van der Waals surface area contributed by atoms with E-state index in [0.717, 1.165) is 6.07 Å². The number of carboxylic acid groups (broad SMARTS) is 2. The third kappa shape index (κ3) is 4.30. The third-order valence-corrected chi connectivity index (χ3v) is 2.52. The molecule has 0 heterocycles. The van der Waals surface area contributed by atoms with Gasteiger partial charge in [-0.3, -0.25) is 10.1 Å². The summed E-state index contributed by atoms with van der Waals surface area (Å²) in [6.45, 7) is 0. The summed E-state index contributed by atoms with van der Waals surface area (Å²) in [4.78, 5) is 30.3. The minimum atomic E-state index is -1.29. The highest BCUT2D eigenvalue weighted by atomic mass is 16.6. The molecule has 0 atom stereocenters. The normalized spacial score (nSPS) is 9.27. The number of nitro groups is 1. The Bertz CT molecular complexity index is 681. The molecule has 0 fully saturated rings. The minimum Gasteiger partial charge on any atom is -0.478 e. The summed E-state index contributed by atoms with van der Waals surface area (Å²) >= 11 is 0. The van der Waals surface area contributed by atoms with Gasteiger partial charge in [-0.1, -0.05) is 24.3 Å². The molecule has 8 nitrogen and oxygen atoms in total. The van der Waals surface area contributed by atoms with Crippen molar-refractivity contribution in [3.05, 3.63) is 69.8 Å². The zero-order valence-electron chi connectivity index (χ0n) is 11.2. The fourth-order valence-corrected chi connectivity index (χ4v) is 1.51. The van der Waals surface area contributed by atoms with E-state index in [9.17, 15) is 19.7 Å². The van der Waals surface area contributed by atoms with Crippen LogP contribution in [0.1, 0.15) is 20.7 Å². The first kappa shape index (κ1) is 16.6. The molecule has 2 rings (SSSR count). The number of para-hydroxylation sites is 2. The summed E-state index contributed by atoms with van der Waals surface area (Å²) in [6, 6.07) is 11.6. The van der Waals surface area contributed by atoms with Gasteiger partial charge < -0.3 is 15.9 Å².